The van der Waals surface area contributed by atoms with Crippen LogP contribution in [0.3, 0.4) is 0 Å². The molecule has 3 aliphatic rings. The zero-order chi connectivity index (χ0) is 17.9. The predicted octanol–water partition coefficient (Wildman–Crippen LogP) is 1.13. The molecule has 0 saturated carbocycles. The van der Waals surface area contributed by atoms with E-state index in [1.165, 1.54) is 18.4 Å². The molecule has 0 radical (unpaired) electrons. The van der Waals surface area contributed by atoms with Gasteiger partial charge in [-0.1, -0.05) is 30.3 Å². The van der Waals surface area contributed by atoms with Crippen molar-refractivity contribution < 1.29 is 9.53 Å². The van der Waals surface area contributed by atoms with E-state index in [0.29, 0.717) is 18.5 Å². The van der Waals surface area contributed by atoms with Crippen LogP contribution in [0.5, 0.6) is 0 Å². The number of carbonyl (C=O) groups is 1. The zero-order valence-electron chi connectivity index (χ0n) is 15.6. The molecule has 0 aromatic heterocycles. The lowest BCUT2D eigenvalue weighted by atomic mass is 10.0. The summed E-state index contributed by atoms with van der Waals surface area (Å²) in [5.74, 6) is 0.141. The number of carbonyl (C=O) groups excluding carboxylic acids is 1. The molecule has 6 nitrogen and oxygen atoms in total. The molecule has 26 heavy (non-hydrogen) atoms. The molecule has 142 valence electrons. The van der Waals surface area contributed by atoms with Gasteiger partial charge in [0.2, 0.25) is 5.91 Å². The minimum Gasteiger partial charge on any atom is -0.379 e. The SMILES string of the molecule is CC1COCCN1C1CC(=O)NC(N2CCCC2Cc2ccccc2)N1. The van der Waals surface area contributed by atoms with Gasteiger partial charge in [-0.3, -0.25) is 19.9 Å². The number of hydrogen-bond acceptors (Lipinski definition) is 5. The molecule has 3 heterocycles. The van der Waals surface area contributed by atoms with Crippen molar-refractivity contribution in [3.8, 4) is 0 Å². The Balaban J connectivity index is 1.44. The highest BCUT2D eigenvalue weighted by Gasteiger charge is 2.39. The van der Waals surface area contributed by atoms with Gasteiger partial charge in [0.05, 0.1) is 25.8 Å². The summed E-state index contributed by atoms with van der Waals surface area (Å²) in [4.78, 5) is 17.3. The van der Waals surface area contributed by atoms with Gasteiger partial charge in [0.1, 0.15) is 6.29 Å². The molecule has 0 aliphatic carbocycles. The molecule has 4 rings (SSSR count). The highest BCUT2D eigenvalue weighted by molar-refractivity contribution is 5.77. The Kier molecular flexibility index (Phi) is 5.55. The van der Waals surface area contributed by atoms with Gasteiger partial charge in [0.25, 0.3) is 0 Å². The number of morpholine rings is 1. The third-order valence-corrected chi connectivity index (χ3v) is 5.91. The fraction of sp³-hybridized carbons (Fsp3) is 0.650. The second-order valence-electron chi connectivity index (χ2n) is 7.74. The van der Waals surface area contributed by atoms with E-state index in [0.717, 1.165) is 32.7 Å². The summed E-state index contributed by atoms with van der Waals surface area (Å²) in [6, 6.07) is 11.5. The predicted molar refractivity (Wildman–Crippen MR) is 100 cm³/mol. The van der Waals surface area contributed by atoms with E-state index < -0.39 is 0 Å². The van der Waals surface area contributed by atoms with Crippen LogP contribution in [0.1, 0.15) is 31.7 Å². The van der Waals surface area contributed by atoms with Crippen LogP contribution in [0.15, 0.2) is 30.3 Å². The highest BCUT2D eigenvalue weighted by atomic mass is 16.5. The van der Waals surface area contributed by atoms with Crippen molar-refractivity contribution in [2.24, 2.45) is 0 Å². The molecule has 3 saturated heterocycles. The van der Waals surface area contributed by atoms with Gasteiger partial charge in [-0.15, -0.1) is 0 Å². The average Bonchev–Trinajstić information content (AvgIpc) is 3.10. The number of likely N-dealkylation sites (tertiary alicyclic amines) is 1. The second-order valence-corrected chi connectivity index (χ2v) is 7.74. The molecule has 3 fully saturated rings. The fourth-order valence-electron chi connectivity index (χ4n) is 4.57. The summed E-state index contributed by atoms with van der Waals surface area (Å²) in [5.41, 5.74) is 1.37. The summed E-state index contributed by atoms with van der Waals surface area (Å²) < 4.78 is 5.56. The summed E-state index contributed by atoms with van der Waals surface area (Å²) in [7, 11) is 0. The molecule has 1 aromatic carbocycles. The first-order valence-electron chi connectivity index (χ1n) is 9.89. The Hall–Kier alpha value is -1.47. The molecule has 2 N–H and O–H groups in total. The monoisotopic (exact) mass is 358 g/mol. The molecule has 0 bridgehead atoms. The number of rotatable bonds is 4. The van der Waals surface area contributed by atoms with Gasteiger partial charge in [0, 0.05) is 25.2 Å². The first kappa shape index (κ1) is 17.9. The quantitative estimate of drug-likeness (QED) is 0.845. The Morgan fingerprint density at radius 3 is 2.85 bits per heavy atom. The van der Waals surface area contributed by atoms with E-state index in [4.69, 9.17) is 4.74 Å². The number of hydrogen-bond donors (Lipinski definition) is 2. The van der Waals surface area contributed by atoms with Crippen molar-refractivity contribution >= 4 is 5.91 Å². The van der Waals surface area contributed by atoms with Crippen LogP contribution in [0.25, 0.3) is 0 Å². The number of benzene rings is 1. The number of amides is 1. The number of ether oxygens (including phenoxy) is 1. The van der Waals surface area contributed by atoms with E-state index in [2.05, 4.69) is 57.7 Å². The molecule has 6 heteroatoms. The van der Waals surface area contributed by atoms with Crippen LogP contribution in [-0.2, 0) is 16.0 Å². The Morgan fingerprint density at radius 2 is 2.04 bits per heavy atom. The van der Waals surface area contributed by atoms with Crippen molar-refractivity contribution in [2.75, 3.05) is 26.3 Å². The van der Waals surface area contributed by atoms with Gasteiger partial charge in [-0.25, -0.2) is 0 Å². The molecular formula is C20H30N4O2. The van der Waals surface area contributed by atoms with Gasteiger partial charge >= 0.3 is 0 Å². The lowest BCUT2D eigenvalue weighted by molar-refractivity contribution is -0.132. The molecule has 0 spiro atoms. The van der Waals surface area contributed by atoms with Crippen LogP contribution in [0, 0.1) is 0 Å². The maximum Gasteiger partial charge on any atom is 0.225 e. The average molecular weight is 358 g/mol. The van der Waals surface area contributed by atoms with Gasteiger partial charge in [-0.2, -0.15) is 0 Å². The van der Waals surface area contributed by atoms with E-state index in [-0.39, 0.29) is 18.4 Å². The Labute approximate surface area is 155 Å². The molecule has 1 amide bonds. The minimum absolute atomic E-state index is 0.0764. The molecule has 4 unspecified atom stereocenters. The minimum atomic E-state index is -0.0764. The maximum absolute atomic E-state index is 12.4. The normalized spacial score (nSPS) is 34.0. The van der Waals surface area contributed by atoms with Crippen molar-refractivity contribution in [2.45, 2.75) is 57.1 Å². The summed E-state index contributed by atoms with van der Waals surface area (Å²) in [6.45, 7) is 5.57. The molecule has 1 aromatic rings. The Morgan fingerprint density at radius 1 is 1.19 bits per heavy atom. The second kappa shape index (κ2) is 8.05. The van der Waals surface area contributed by atoms with Gasteiger partial charge in [-0.05, 0) is 31.7 Å². The van der Waals surface area contributed by atoms with Crippen LogP contribution in [-0.4, -0.2) is 66.5 Å². The Bertz CT molecular complexity index is 611. The van der Waals surface area contributed by atoms with Crippen LogP contribution in [0.2, 0.25) is 0 Å². The van der Waals surface area contributed by atoms with Crippen molar-refractivity contribution in [1.82, 2.24) is 20.4 Å². The first-order chi connectivity index (χ1) is 12.7. The largest absolute Gasteiger partial charge is 0.379 e. The van der Waals surface area contributed by atoms with E-state index >= 15 is 0 Å². The highest BCUT2D eigenvalue weighted by Crippen LogP contribution is 2.24. The van der Waals surface area contributed by atoms with Gasteiger partial charge < -0.3 is 10.1 Å². The maximum atomic E-state index is 12.4. The standard InChI is InChI=1S/C20H30N4O2/c1-15-14-26-11-10-23(15)18-13-19(25)22-20(21-18)24-9-5-8-17(24)12-16-6-3-2-4-7-16/h2-4,6-7,15,17-18,20-21H,5,8-14H2,1H3,(H,22,25). The van der Waals surface area contributed by atoms with E-state index in [1.54, 1.807) is 0 Å². The first-order valence-corrected chi connectivity index (χ1v) is 9.89. The van der Waals surface area contributed by atoms with E-state index in [9.17, 15) is 4.79 Å². The zero-order valence-corrected chi connectivity index (χ0v) is 15.6. The van der Waals surface area contributed by atoms with Crippen LogP contribution >= 0.6 is 0 Å². The third kappa shape index (κ3) is 3.93. The lowest BCUT2D eigenvalue weighted by Crippen LogP contribution is -2.69. The summed E-state index contributed by atoms with van der Waals surface area (Å²) in [6.07, 6.45) is 3.93. The molecule has 4 atom stereocenters. The summed E-state index contributed by atoms with van der Waals surface area (Å²) in [5, 5.41) is 6.88. The van der Waals surface area contributed by atoms with Crippen molar-refractivity contribution in [3.63, 3.8) is 0 Å². The van der Waals surface area contributed by atoms with Crippen LogP contribution in [0.4, 0.5) is 0 Å². The smallest absolute Gasteiger partial charge is 0.225 e. The third-order valence-electron chi connectivity index (χ3n) is 5.91. The van der Waals surface area contributed by atoms with Gasteiger partial charge in [0.15, 0.2) is 0 Å². The van der Waals surface area contributed by atoms with E-state index in [1.807, 2.05) is 0 Å². The fourth-order valence-corrected chi connectivity index (χ4v) is 4.57. The van der Waals surface area contributed by atoms with Crippen molar-refractivity contribution in [3.05, 3.63) is 35.9 Å². The number of nitrogens with zero attached hydrogens (tertiary/aromatic N) is 2. The summed E-state index contributed by atoms with van der Waals surface area (Å²) >= 11 is 0. The topological polar surface area (TPSA) is 56.8 Å². The molecule has 3 aliphatic heterocycles. The van der Waals surface area contributed by atoms with Crippen LogP contribution < -0.4 is 10.6 Å². The molecular weight excluding hydrogens is 328 g/mol. The lowest BCUT2D eigenvalue weighted by Gasteiger charge is -2.46. The van der Waals surface area contributed by atoms with Crippen molar-refractivity contribution in [1.29, 1.82) is 0 Å². The number of nitrogens with one attached hydrogen (secondary N) is 2.